The Hall–Kier alpha value is -2.24. The van der Waals surface area contributed by atoms with Gasteiger partial charge in [-0.3, -0.25) is 9.59 Å². The van der Waals surface area contributed by atoms with Crippen molar-refractivity contribution in [1.29, 1.82) is 0 Å². The summed E-state index contributed by atoms with van der Waals surface area (Å²) in [7, 11) is 1.59. The zero-order chi connectivity index (χ0) is 16.7. The van der Waals surface area contributed by atoms with E-state index in [-0.39, 0.29) is 25.1 Å². The SMILES string of the molecule is CCC(C)N(CC(=O)O)C(=O)COc1ccc(OC)c(C)c1. The van der Waals surface area contributed by atoms with Crippen LogP contribution < -0.4 is 9.47 Å². The maximum absolute atomic E-state index is 12.2. The van der Waals surface area contributed by atoms with E-state index in [4.69, 9.17) is 14.6 Å². The summed E-state index contributed by atoms with van der Waals surface area (Å²) in [6.45, 7) is 5.09. The Morgan fingerprint density at radius 2 is 2.05 bits per heavy atom. The van der Waals surface area contributed by atoms with Gasteiger partial charge in [-0.2, -0.15) is 0 Å². The normalized spacial score (nSPS) is 11.6. The van der Waals surface area contributed by atoms with E-state index in [0.717, 1.165) is 11.3 Å². The number of carbonyl (C=O) groups excluding carboxylic acids is 1. The standard InChI is InChI=1S/C16H23NO5/c1-5-12(3)17(9-16(19)20)15(18)10-22-13-6-7-14(21-4)11(2)8-13/h6-8,12H,5,9-10H2,1-4H3,(H,19,20). The smallest absolute Gasteiger partial charge is 0.323 e. The average Bonchev–Trinajstić information content (AvgIpc) is 2.49. The Bertz CT molecular complexity index is 529. The summed E-state index contributed by atoms with van der Waals surface area (Å²) in [5, 5.41) is 8.91. The van der Waals surface area contributed by atoms with Crippen molar-refractivity contribution in [1.82, 2.24) is 4.90 Å². The molecule has 1 N–H and O–H groups in total. The summed E-state index contributed by atoms with van der Waals surface area (Å²) in [5.74, 6) is -0.0870. The minimum Gasteiger partial charge on any atom is -0.496 e. The number of aliphatic carboxylic acids is 1. The molecule has 6 nitrogen and oxygen atoms in total. The van der Waals surface area contributed by atoms with Gasteiger partial charge in [0, 0.05) is 6.04 Å². The molecular formula is C16H23NO5. The first kappa shape index (κ1) is 17.8. The molecule has 122 valence electrons. The van der Waals surface area contributed by atoms with Crippen LogP contribution in [0.15, 0.2) is 18.2 Å². The number of hydrogen-bond acceptors (Lipinski definition) is 4. The Balaban J connectivity index is 2.69. The van der Waals surface area contributed by atoms with Gasteiger partial charge < -0.3 is 19.5 Å². The molecule has 0 saturated heterocycles. The van der Waals surface area contributed by atoms with Crippen molar-refractivity contribution in [3.63, 3.8) is 0 Å². The summed E-state index contributed by atoms with van der Waals surface area (Å²) >= 11 is 0. The quantitative estimate of drug-likeness (QED) is 0.796. The Morgan fingerprint density at radius 1 is 1.36 bits per heavy atom. The molecule has 0 fully saturated rings. The van der Waals surface area contributed by atoms with E-state index in [9.17, 15) is 9.59 Å². The lowest BCUT2D eigenvalue weighted by atomic mass is 10.2. The van der Waals surface area contributed by atoms with Crippen molar-refractivity contribution in [3.05, 3.63) is 23.8 Å². The third-order valence-electron chi connectivity index (χ3n) is 3.48. The lowest BCUT2D eigenvalue weighted by Gasteiger charge is -2.26. The second-order valence-corrected chi connectivity index (χ2v) is 5.09. The molecule has 22 heavy (non-hydrogen) atoms. The number of benzene rings is 1. The first-order chi connectivity index (χ1) is 10.4. The van der Waals surface area contributed by atoms with E-state index in [0.29, 0.717) is 12.2 Å². The van der Waals surface area contributed by atoms with Gasteiger partial charge in [-0.1, -0.05) is 6.92 Å². The number of amides is 1. The fourth-order valence-corrected chi connectivity index (χ4v) is 2.02. The van der Waals surface area contributed by atoms with Crippen molar-refractivity contribution in [2.45, 2.75) is 33.2 Å². The minimum absolute atomic E-state index is 0.148. The third-order valence-corrected chi connectivity index (χ3v) is 3.48. The van der Waals surface area contributed by atoms with E-state index in [1.165, 1.54) is 4.90 Å². The topological polar surface area (TPSA) is 76.1 Å². The first-order valence-electron chi connectivity index (χ1n) is 7.17. The van der Waals surface area contributed by atoms with E-state index in [1.807, 2.05) is 20.8 Å². The molecule has 1 aromatic carbocycles. The molecule has 6 heteroatoms. The molecule has 1 unspecified atom stereocenters. The van der Waals surface area contributed by atoms with Crippen molar-refractivity contribution in [3.8, 4) is 11.5 Å². The first-order valence-corrected chi connectivity index (χ1v) is 7.17. The molecule has 0 aliphatic carbocycles. The molecule has 0 saturated carbocycles. The maximum atomic E-state index is 12.2. The van der Waals surface area contributed by atoms with Gasteiger partial charge in [0.25, 0.3) is 5.91 Å². The Kier molecular flexibility index (Phi) is 6.69. The number of hydrogen-bond donors (Lipinski definition) is 1. The van der Waals surface area contributed by atoms with E-state index >= 15 is 0 Å². The molecular weight excluding hydrogens is 286 g/mol. The summed E-state index contributed by atoms with van der Waals surface area (Å²) in [6, 6.07) is 5.10. The highest BCUT2D eigenvalue weighted by molar-refractivity contribution is 5.82. The van der Waals surface area contributed by atoms with Crippen LogP contribution in [0.4, 0.5) is 0 Å². The number of methoxy groups -OCH3 is 1. The molecule has 0 radical (unpaired) electrons. The number of ether oxygens (including phenoxy) is 2. The summed E-state index contributed by atoms with van der Waals surface area (Å²) in [5.41, 5.74) is 0.900. The predicted octanol–water partition coefficient (Wildman–Crippen LogP) is 2.09. The third kappa shape index (κ3) is 4.95. The molecule has 0 aromatic heterocycles. The van der Waals surface area contributed by atoms with Gasteiger partial charge in [0.15, 0.2) is 6.61 Å². The number of rotatable bonds is 8. The molecule has 1 rings (SSSR count). The molecule has 1 atom stereocenters. The van der Waals surface area contributed by atoms with Crippen LogP contribution in [0.1, 0.15) is 25.8 Å². The zero-order valence-corrected chi connectivity index (χ0v) is 13.5. The van der Waals surface area contributed by atoms with Gasteiger partial charge in [0.2, 0.25) is 0 Å². The van der Waals surface area contributed by atoms with Crippen LogP contribution in [0, 0.1) is 6.92 Å². The second kappa shape index (κ2) is 8.26. The summed E-state index contributed by atoms with van der Waals surface area (Å²) < 4.78 is 10.6. The highest BCUT2D eigenvalue weighted by Gasteiger charge is 2.21. The highest BCUT2D eigenvalue weighted by Crippen LogP contribution is 2.23. The van der Waals surface area contributed by atoms with Crippen molar-refractivity contribution in [2.75, 3.05) is 20.3 Å². The lowest BCUT2D eigenvalue weighted by Crippen LogP contribution is -2.44. The van der Waals surface area contributed by atoms with Crippen molar-refractivity contribution in [2.24, 2.45) is 0 Å². The minimum atomic E-state index is -1.03. The predicted molar refractivity (Wildman–Crippen MR) is 82.3 cm³/mol. The van der Waals surface area contributed by atoms with Crippen LogP contribution in [0.25, 0.3) is 0 Å². The average molecular weight is 309 g/mol. The number of aryl methyl sites for hydroxylation is 1. The molecule has 1 aromatic rings. The number of carboxylic acid groups (broad SMARTS) is 1. The van der Waals surface area contributed by atoms with Crippen molar-refractivity contribution < 1.29 is 24.2 Å². The lowest BCUT2D eigenvalue weighted by molar-refractivity contribution is -0.147. The number of nitrogens with zero attached hydrogens (tertiary/aromatic N) is 1. The fraction of sp³-hybridized carbons (Fsp3) is 0.500. The summed E-state index contributed by atoms with van der Waals surface area (Å²) in [6.07, 6.45) is 0.681. The Morgan fingerprint density at radius 3 is 2.55 bits per heavy atom. The van der Waals surface area contributed by atoms with Crippen LogP contribution >= 0.6 is 0 Å². The van der Waals surface area contributed by atoms with Crippen molar-refractivity contribution >= 4 is 11.9 Å². The van der Waals surface area contributed by atoms with Crippen LogP contribution in [0.3, 0.4) is 0 Å². The monoisotopic (exact) mass is 309 g/mol. The summed E-state index contributed by atoms with van der Waals surface area (Å²) in [4.78, 5) is 24.4. The Labute approximate surface area is 130 Å². The van der Waals surface area contributed by atoms with Gasteiger partial charge in [-0.05, 0) is 44.0 Å². The van der Waals surface area contributed by atoms with Crippen LogP contribution in [0.5, 0.6) is 11.5 Å². The molecule has 0 heterocycles. The number of carboxylic acids is 1. The van der Waals surface area contributed by atoms with E-state index in [1.54, 1.807) is 25.3 Å². The van der Waals surface area contributed by atoms with Gasteiger partial charge in [0.1, 0.15) is 18.0 Å². The molecule has 0 aliphatic heterocycles. The van der Waals surface area contributed by atoms with Crippen LogP contribution in [-0.4, -0.2) is 48.2 Å². The van der Waals surface area contributed by atoms with Crippen LogP contribution in [-0.2, 0) is 9.59 Å². The van der Waals surface area contributed by atoms with E-state index in [2.05, 4.69) is 0 Å². The molecule has 0 aliphatic rings. The largest absolute Gasteiger partial charge is 0.496 e. The maximum Gasteiger partial charge on any atom is 0.323 e. The molecule has 0 bridgehead atoms. The van der Waals surface area contributed by atoms with Crippen LogP contribution in [0.2, 0.25) is 0 Å². The second-order valence-electron chi connectivity index (χ2n) is 5.09. The highest BCUT2D eigenvalue weighted by atomic mass is 16.5. The van der Waals surface area contributed by atoms with Gasteiger partial charge >= 0.3 is 5.97 Å². The van der Waals surface area contributed by atoms with Gasteiger partial charge in [-0.15, -0.1) is 0 Å². The van der Waals surface area contributed by atoms with Gasteiger partial charge in [0.05, 0.1) is 7.11 Å². The van der Waals surface area contributed by atoms with Gasteiger partial charge in [-0.25, -0.2) is 0 Å². The number of carbonyl (C=O) groups is 2. The zero-order valence-electron chi connectivity index (χ0n) is 13.5. The fourth-order valence-electron chi connectivity index (χ4n) is 2.02. The van der Waals surface area contributed by atoms with E-state index < -0.39 is 5.97 Å². The molecule has 0 spiro atoms. The molecule has 1 amide bonds.